The molecule has 1 atom stereocenters. The van der Waals surface area contributed by atoms with Crippen molar-refractivity contribution in [3.8, 4) is 0 Å². The van der Waals surface area contributed by atoms with Crippen molar-refractivity contribution in [2.24, 2.45) is 11.8 Å². The number of nitrogens with two attached hydrogens (primary N) is 1. The minimum absolute atomic E-state index is 0.0729. The molecule has 1 aromatic rings. The van der Waals surface area contributed by atoms with Crippen molar-refractivity contribution < 1.29 is 4.39 Å². The summed E-state index contributed by atoms with van der Waals surface area (Å²) < 4.78 is 13.8. The molecule has 0 saturated heterocycles. The Hall–Kier alpha value is -0.450. The molecule has 0 aliphatic heterocycles. The van der Waals surface area contributed by atoms with E-state index >= 15 is 0 Å². The summed E-state index contributed by atoms with van der Waals surface area (Å²) in [5.41, 5.74) is 3.81. The van der Waals surface area contributed by atoms with Gasteiger partial charge >= 0.3 is 0 Å². The van der Waals surface area contributed by atoms with Crippen molar-refractivity contribution in [3.05, 3.63) is 34.1 Å². The van der Waals surface area contributed by atoms with Crippen LogP contribution in [0.25, 0.3) is 0 Å². The lowest BCUT2D eigenvalue weighted by Crippen LogP contribution is -2.28. The minimum atomic E-state index is -0.237. The first-order valence-electron chi connectivity index (χ1n) is 5.95. The molecule has 0 aliphatic carbocycles. The molecule has 1 rings (SSSR count). The van der Waals surface area contributed by atoms with Crippen LogP contribution in [0.3, 0.4) is 0 Å². The van der Waals surface area contributed by atoms with Gasteiger partial charge in [0, 0.05) is 10.5 Å². The fourth-order valence-electron chi connectivity index (χ4n) is 1.84. The highest BCUT2D eigenvalue weighted by atomic mass is 79.9. The van der Waals surface area contributed by atoms with Crippen molar-refractivity contribution in [3.63, 3.8) is 0 Å². The minimum Gasteiger partial charge on any atom is -0.271 e. The van der Waals surface area contributed by atoms with E-state index in [-0.39, 0.29) is 11.9 Å². The highest BCUT2D eigenvalue weighted by Crippen LogP contribution is 2.27. The second-order valence-electron chi connectivity index (χ2n) is 4.71. The van der Waals surface area contributed by atoms with E-state index in [2.05, 4.69) is 35.2 Å². The van der Waals surface area contributed by atoms with Crippen LogP contribution in [0.1, 0.15) is 44.7 Å². The van der Waals surface area contributed by atoms with Crippen LogP contribution in [-0.2, 0) is 0 Å². The molecule has 3 N–H and O–H groups in total. The molecule has 1 aromatic carbocycles. The maximum Gasteiger partial charge on any atom is 0.124 e. The van der Waals surface area contributed by atoms with E-state index in [1.807, 2.05) is 0 Å². The number of hydrazine groups is 1. The van der Waals surface area contributed by atoms with Crippen LogP contribution in [0.5, 0.6) is 0 Å². The van der Waals surface area contributed by atoms with Crippen molar-refractivity contribution in [1.82, 2.24) is 5.43 Å². The zero-order chi connectivity index (χ0) is 12.8. The van der Waals surface area contributed by atoms with E-state index in [1.54, 1.807) is 6.07 Å². The van der Waals surface area contributed by atoms with Gasteiger partial charge in [0.15, 0.2) is 0 Å². The third-order valence-electron chi connectivity index (χ3n) is 2.81. The lowest BCUT2D eigenvalue weighted by molar-refractivity contribution is 0.453. The Labute approximate surface area is 111 Å². The summed E-state index contributed by atoms with van der Waals surface area (Å²) in [6, 6.07) is 4.79. The molecule has 0 fully saturated rings. The molecule has 0 aromatic heterocycles. The number of nitrogens with one attached hydrogen (secondary N) is 1. The van der Waals surface area contributed by atoms with Gasteiger partial charge in [-0.25, -0.2) is 4.39 Å². The van der Waals surface area contributed by atoms with E-state index in [1.165, 1.54) is 18.6 Å². The van der Waals surface area contributed by atoms with Gasteiger partial charge in [0.2, 0.25) is 0 Å². The third kappa shape index (κ3) is 4.74. The maximum absolute atomic E-state index is 13.0. The van der Waals surface area contributed by atoms with Crippen molar-refractivity contribution in [1.29, 1.82) is 0 Å². The first-order valence-corrected chi connectivity index (χ1v) is 6.75. The van der Waals surface area contributed by atoms with Crippen molar-refractivity contribution in [2.75, 3.05) is 0 Å². The number of benzene rings is 1. The molecule has 96 valence electrons. The average molecular weight is 303 g/mol. The Morgan fingerprint density at radius 2 is 2.06 bits per heavy atom. The predicted molar refractivity (Wildman–Crippen MR) is 72.9 cm³/mol. The predicted octanol–water partition coefficient (Wildman–Crippen LogP) is 3.92. The molecule has 2 nitrogen and oxygen atoms in total. The van der Waals surface area contributed by atoms with Crippen LogP contribution in [0, 0.1) is 11.7 Å². The van der Waals surface area contributed by atoms with Crippen LogP contribution in [-0.4, -0.2) is 0 Å². The highest BCUT2D eigenvalue weighted by Gasteiger charge is 2.13. The standard InChI is InChI=1S/C13H20BrFN2/c1-9(2)4-3-5-13(17-16)11-7-6-10(15)8-12(11)14/h6-9,13,17H,3-5,16H2,1-2H3. The van der Waals surface area contributed by atoms with E-state index in [0.29, 0.717) is 5.92 Å². The van der Waals surface area contributed by atoms with Gasteiger partial charge in [-0.15, -0.1) is 0 Å². The molecule has 0 spiro atoms. The molecule has 0 heterocycles. The molecule has 0 radical (unpaired) electrons. The molecule has 0 bridgehead atoms. The lowest BCUT2D eigenvalue weighted by Gasteiger charge is -2.18. The van der Waals surface area contributed by atoms with Gasteiger partial charge in [0.1, 0.15) is 5.82 Å². The molecular formula is C13H20BrFN2. The Morgan fingerprint density at radius 1 is 1.35 bits per heavy atom. The van der Waals surface area contributed by atoms with Crippen LogP contribution in [0.2, 0.25) is 0 Å². The van der Waals surface area contributed by atoms with Gasteiger partial charge in [-0.2, -0.15) is 0 Å². The van der Waals surface area contributed by atoms with Gasteiger partial charge in [0.25, 0.3) is 0 Å². The fraction of sp³-hybridized carbons (Fsp3) is 0.538. The third-order valence-corrected chi connectivity index (χ3v) is 3.50. The fourth-order valence-corrected chi connectivity index (χ4v) is 2.47. The SMILES string of the molecule is CC(C)CCCC(NN)c1ccc(F)cc1Br. The van der Waals surface area contributed by atoms with Gasteiger partial charge in [0.05, 0.1) is 0 Å². The summed E-state index contributed by atoms with van der Waals surface area (Å²) in [6.07, 6.45) is 3.24. The smallest absolute Gasteiger partial charge is 0.124 e. The Bertz CT molecular complexity index is 355. The van der Waals surface area contributed by atoms with E-state index < -0.39 is 0 Å². The van der Waals surface area contributed by atoms with Gasteiger partial charge in [-0.05, 0) is 30.0 Å². The summed E-state index contributed by atoms with van der Waals surface area (Å²) in [4.78, 5) is 0. The first-order chi connectivity index (χ1) is 8.04. The van der Waals surface area contributed by atoms with Crippen molar-refractivity contribution >= 4 is 15.9 Å². The largest absolute Gasteiger partial charge is 0.271 e. The lowest BCUT2D eigenvalue weighted by atomic mass is 9.98. The normalized spacial score (nSPS) is 13.1. The van der Waals surface area contributed by atoms with E-state index in [9.17, 15) is 4.39 Å². The molecule has 1 unspecified atom stereocenters. The number of hydrogen-bond donors (Lipinski definition) is 2. The number of hydrogen-bond acceptors (Lipinski definition) is 2. The van der Waals surface area contributed by atoms with Crippen LogP contribution in [0.15, 0.2) is 22.7 Å². The molecule has 0 amide bonds. The first kappa shape index (κ1) is 14.6. The van der Waals surface area contributed by atoms with Crippen LogP contribution >= 0.6 is 15.9 Å². The molecular weight excluding hydrogens is 283 g/mol. The quantitative estimate of drug-likeness (QED) is 0.617. The van der Waals surface area contributed by atoms with Gasteiger partial charge < -0.3 is 0 Å². The van der Waals surface area contributed by atoms with Crippen LogP contribution < -0.4 is 11.3 Å². The maximum atomic E-state index is 13.0. The highest BCUT2D eigenvalue weighted by molar-refractivity contribution is 9.10. The van der Waals surface area contributed by atoms with Crippen molar-refractivity contribution in [2.45, 2.75) is 39.2 Å². The molecule has 4 heteroatoms. The summed E-state index contributed by atoms with van der Waals surface area (Å²) >= 11 is 3.37. The zero-order valence-corrected chi connectivity index (χ0v) is 11.9. The molecule has 17 heavy (non-hydrogen) atoms. The second kappa shape index (κ2) is 7.09. The van der Waals surface area contributed by atoms with E-state index in [4.69, 9.17) is 5.84 Å². The average Bonchev–Trinajstić information content (AvgIpc) is 2.25. The summed E-state index contributed by atoms with van der Waals surface area (Å²) in [5.74, 6) is 6.03. The van der Waals surface area contributed by atoms with Gasteiger partial charge in [-0.3, -0.25) is 11.3 Å². The number of rotatable bonds is 6. The topological polar surface area (TPSA) is 38.0 Å². The monoisotopic (exact) mass is 302 g/mol. The van der Waals surface area contributed by atoms with Crippen LogP contribution in [0.4, 0.5) is 4.39 Å². The Balaban J connectivity index is 2.66. The molecule has 0 aliphatic rings. The summed E-state index contributed by atoms with van der Waals surface area (Å²) in [7, 11) is 0. The molecule has 0 saturated carbocycles. The van der Waals surface area contributed by atoms with E-state index in [0.717, 1.165) is 22.9 Å². The second-order valence-corrected chi connectivity index (χ2v) is 5.56. The summed E-state index contributed by atoms with van der Waals surface area (Å²) in [6.45, 7) is 4.41. The Morgan fingerprint density at radius 3 is 2.59 bits per heavy atom. The van der Waals surface area contributed by atoms with Gasteiger partial charge in [-0.1, -0.05) is 48.7 Å². The number of halogens is 2. The Kier molecular flexibility index (Phi) is 6.09. The zero-order valence-electron chi connectivity index (χ0n) is 10.3. The summed E-state index contributed by atoms with van der Waals surface area (Å²) in [5, 5.41) is 0.